The van der Waals surface area contributed by atoms with Gasteiger partial charge in [0, 0.05) is 22.9 Å². The van der Waals surface area contributed by atoms with E-state index in [-0.39, 0.29) is 0 Å². The zero-order valence-electron chi connectivity index (χ0n) is 12.7. The Labute approximate surface area is 138 Å². The molecule has 0 spiro atoms. The highest BCUT2D eigenvalue weighted by Crippen LogP contribution is 2.29. The van der Waals surface area contributed by atoms with Crippen LogP contribution in [0.5, 0.6) is 0 Å². The number of aliphatic carboxylic acids is 1. The molecule has 3 rings (SSSR count). The van der Waals surface area contributed by atoms with Crippen molar-refractivity contribution < 1.29 is 9.90 Å². The molecule has 0 aliphatic heterocycles. The first-order valence-electron chi connectivity index (χ1n) is 7.12. The lowest BCUT2D eigenvalue weighted by Crippen LogP contribution is -1.91. The molecule has 1 aromatic carbocycles. The van der Waals surface area contributed by atoms with Gasteiger partial charge < -0.3 is 5.11 Å². The molecule has 0 atom stereocenters. The molecule has 0 amide bonds. The molecule has 0 fully saturated rings. The largest absolute Gasteiger partial charge is 0.478 e. The fourth-order valence-electron chi connectivity index (χ4n) is 2.48. The number of hydrogen-bond donors (Lipinski definition) is 1. The van der Waals surface area contributed by atoms with E-state index in [2.05, 4.69) is 4.98 Å². The summed E-state index contributed by atoms with van der Waals surface area (Å²) in [6.45, 7) is 3.92. The van der Waals surface area contributed by atoms with Crippen LogP contribution in [0.1, 0.15) is 16.8 Å². The molecule has 0 unspecified atom stereocenters. The predicted molar refractivity (Wildman–Crippen MR) is 91.8 cm³/mol. The van der Waals surface area contributed by atoms with E-state index in [4.69, 9.17) is 16.7 Å². The van der Waals surface area contributed by atoms with Crippen molar-refractivity contribution in [3.8, 4) is 11.3 Å². The van der Waals surface area contributed by atoms with Gasteiger partial charge in [-0.25, -0.2) is 9.78 Å². The van der Waals surface area contributed by atoms with Gasteiger partial charge in [-0.1, -0.05) is 17.7 Å². The van der Waals surface area contributed by atoms with E-state index in [0.717, 1.165) is 39.8 Å². The maximum absolute atomic E-state index is 10.9. The summed E-state index contributed by atoms with van der Waals surface area (Å²) in [5.41, 5.74) is 5.17. The number of fused-ring (bicyclic) bond motifs is 1. The first-order chi connectivity index (χ1) is 11.0. The number of benzene rings is 1. The predicted octanol–water partition coefficient (Wildman–Crippen LogP) is 4.37. The van der Waals surface area contributed by atoms with Gasteiger partial charge in [0.05, 0.1) is 11.4 Å². The standard InChI is InChI=1S/C18H15ClN2O2/c1-11-7-8-21-15(5-6-17(22)23)18(20-16(21)9-11)13-3-4-14(19)12(2)10-13/h3-10H,1-2H3,(H,22,23)/b6-5+. The lowest BCUT2D eigenvalue weighted by molar-refractivity contribution is -0.131. The van der Waals surface area contributed by atoms with Crippen LogP contribution in [0, 0.1) is 13.8 Å². The monoisotopic (exact) mass is 326 g/mol. The Morgan fingerprint density at radius 1 is 1.26 bits per heavy atom. The molecule has 1 N–H and O–H groups in total. The number of carboxylic acid groups (broad SMARTS) is 1. The van der Waals surface area contributed by atoms with E-state index in [1.807, 2.05) is 54.8 Å². The highest BCUT2D eigenvalue weighted by Gasteiger charge is 2.13. The van der Waals surface area contributed by atoms with Crippen molar-refractivity contribution in [1.29, 1.82) is 0 Å². The number of carbonyl (C=O) groups is 1. The Balaban J connectivity index is 2.27. The zero-order chi connectivity index (χ0) is 16.6. The van der Waals surface area contributed by atoms with E-state index < -0.39 is 5.97 Å². The van der Waals surface area contributed by atoms with Crippen LogP contribution in [0.15, 0.2) is 42.6 Å². The van der Waals surface area contributed by atoms with Gasteiger partial charge in [0.2, 0.25) is 0 Å². The van der Waals surface area contributed by atoms with Crippen molar-refractivity contribution in [2.75, 3.05) is 0 Å². The minimum Gasteiger partial charge on any atom is -0.478 e. The van der Waals surface area contributed by atoms with Gasteiger partial charge in [-0.15, -0.1) is 0 Å². The maximum atomic E-state index is 10.9. The van der Waals surface area contributed by atoms with Crippen LogP contribution >= 0.6 is 11.6 Å². The van der Waals surface area contributed by atoms with Crippen LogP contribution in [-0.2, 0) is 4.79 Å². The molecular weight excluding hydrogens is 312 g/mol. The average Bonchev–Trinajstić information content (AvgIpc) is 2.85. The third kappa shape index (κ3) is 2.98. The summed E-state index contributed by atoms with van der Waals surface area (Å²) in [6, 6.07) is 9.59. The molecule has 116 valence electrons. The van der Waals surface area contributed by atoms with Gasteiger partial charge in [0.1, 0.15) is 5.65 Å². The van der Waals surface area contributed by atoms with E-state index in [1.54, 1.807) is 6.08 Å². The van der Waals surface area contributed by atoms with E-state index in [0.29, 0.717) is 5.02 Å². The van der Waals surface area contributed by atoms with Crippen LogP contribution in [0.2, 0.25) is 5.02 Å². The minimum atomic E-state index is -0.995. The second kappa shape index (κ2) is 5.89. The first kappa shape index (κ1) is 15.3. The van der Waals surface area contributed by atoms with Gasteiger partial charge in [0.15, 0.2) is 0 Å². The molecule has 0 saturated carbocycles. The van der Waals surface area contributed by atoms with E-state index in [1.165, 1.54) is 0 Å². The Kier molecular flexibility index (Phi) is 3.92. The lowest BCUT2D eigenvalue weighted by Gasteiger charge is -2.03. The third-order valence-electron chi connectivity index (χ3n) is 3.63. The molecule has 2 aromatic heterocycles. The second-order valence-electron chi connectivity index (χ2n) is 5.41. The lowest BCUT2D eigenvalue weighted by atomic mass is 10.1. The van der Waals surface area contributed by atoms with Gasteiger partial charge in [-0.05, 0) is 55.3 Å². The highest BCUT2D eigenvalue weighted by molar-refractivity contribution is 6.31. The van der Waals surface area contributed by atoms with Gasteiger partial charge >= 0.3 is 5.97 Å². The van der Waals surface area contributed by atoms with Crippen LogP contribution in [0.25, 0.3) is 23.0 Å². The van der Waals surface area contributed by atoms with Crippen molar-refractivity contribution in [1.82, 2.24) is 9.38 Å². The smallest absolute Gasteiger partial charge is 0.328 e. The van der Waals surface area contributed by atoms with E-state index in [9.17, 15) is 4.79 Å². The number of imidazole rings is 1. The number of nitrogens with zero attached hydrogens (tertiary/aromatic N) is 2. The summed E-state index contributed by atoms with van der Waals surface area (Å²) in [6.07, 6.45) is 4.58. The van der Waals surface area contributed by atoms with Crippen molar-refractivity contribution in [3.05, 3.63) is 64.4 Å². The molecule has 5 heteroatoms. The molecular formula is C18H15ClN2O2. The van der Waals surface area contributed by atoms with Crippen molar-refractivity contribution in [3.63, 3.8) is 0 Å². The third-order valence-corrected chi connectivity index (χ3v) is 4.06. The Morgan fingerprint density at radius 3 is 2.74 bits per heavy atom. The molecule has 4 nitrogen and oxygen atoms in total. The molecule has 2 heterocycles. The van der Waals surface area contributed by atoms with Crippen LogP contribution in [0.4, 0.5) is 0 Å². The van der Waals surface area contributed by atoms with Crippen molar-refractivity contribution in [2.45, 2.75) is 13.8 Å². The zero-order valence-corrected chi connectivity index (χ0v) is 13.5. The van der Waals surface area contributed by atoms with Crippen molar-refractivity contribution in [2.24, 2.45) is 0 Å². The molecule has 0 aliphatic rings. The van der Waals surface area contributed by atoms with Crippen LogP contribution < -0.4 is 0 Å². The van der Waals surface area contributed by atoms with Gasteiger partial charge in [-0.2, -0.15) is 0 Å². The second-order valence-corrected chi connectivity index (χ2v) is 5.82. The molecule has 23 heavy (non-hydrogen) atoms. The van der Waals surface area contributed by atoms with Crippen LogP contribution in [-0.4, -0.2) is 20.5 Å². The van der Waals surface area contributed by atoms with Crippen LogP contribution in [0.3, 0.4) is 0 Å². The highest BCUT2D eigenvalue weighted by atomic mass is 35.5. The first-order valence-corrected chi connectivity index (χ1v) is 7.50. The normalized spacial score (nSPS) is 11.4. The number of hydrogen-bond acceptors (Lipinski definition) is 2. The summed E-state index contributed by atoms with van der Waals surface area (Å²) in [5, 5.41) is 9.63. The summed E-state index contributed by atoms with van der Waals surface area (Å²) in [5.74, 6) is -0.995. The molecule has 3 aromatic rings. The SMILES string of the molecule is Cc1ccn2c(/C=C/C(=O)O)c(-c3ccc(Cl)c(C)c3)nc2c1. The fourth-order valence-corrected chi connectivity index (χ4v) is 2.60. The quantitative estimate of drug-likeness (QED) is 0.727. The Bertz CT molecular complexity index is 942. The van der Waals surface area contributed by atoms with Crippen molar-refractivity contribution >= 4 is 29.3 Å². The number of aromatic nitrogens is 2. The number of pyridine rings is 1. The number of rotatable bonds is 3. The molecule has 0 bridgehead atoms. The summed E-state index contributed by atoms with van der Waals surface area (Å²) >= 11 is 6.09. The molecule has 0 aliphatic carbocycles. The van der Waals surface area contributed by atoms with E-state index >= 15 is 0 Å². The summed E-state index contributed by atoms with van der Waals surface area (Å²) in [4.78, 5) is 15.6. The molecule has 0 saturated heterocycles. The average molecular weight is 327 g/mol. The number of halogens is 1. The topological polar surface area (TPSA) is 54.6 Å². The summed E-state index contributed by atoms with van der Waals surface area (Å²) < 4.78 is 1.88. The number of carboxylic acids is 1. The Morgan fingerprint density at radius 2 is 2.04 bits per heavy atom. The van der Waals surface area contributed by atoms with Gasteiger partial charge in [-0.3, -0.25) is 4.40 Å². The minimum absolute atomic E-state index is 0.691. The Hall–Kier alpha value is -2.59. The van der Waals surface area contributed by atoms with Gasteiger partial charge in [0.25, 0.3) is 0 Å². The number of aryl methyl sites for hydroxylation is 2. The summed E-state index contributed by atoms with van der Waals surface area (Å²) in [7, 11) is 0. The molecule has 0 radical (unpaired) electrons. The maximum Gasteiger partial charge on any atom is 0.328 e. The fraction of sp³-hybridized carbons (Fsp3) is 0.111.